The molecule has 7 nitrogen and oxygen atoms in total. The summed E-state index contributed by atoms with van der Waals surface area (Å²) in [5, 5.41) is 14.8. The van der Waals surface area contributed by atoms with E-state index in [0.717, 1.165) is 22.2 Å². The molecule has 0 aliphatic rings. The van der Waals surface area contributed by atoms with Crippen molar-refractivity contribution in [2.45, 2.75) is 18.4 Å². The van der Waals surface area contributed by atoms with Crippen LogP contribution in [0.15, 0.2) is 29.3 Å². The van der Waals surface area contributed by atoms with Gasteiger partial charge in [0.05, 0.1) is 16.4 Å². The number of nitro benzene ring substituents is 1. The van der Waals surface area contributed by atoms with E-state index in [1.807, 2.05) is 6.92 Å². The molecule has 0 saturated carbocycles. The van der Waals surface area contributed by atoms with Gasteiger partial charge in [-0.05, 0) is 19.1 Å². The van der Waals surface area contributed by atoms with Crippen LogP contribution in [0.5, 0.6) is 0 Å². The van der Waals surface area contributed by atoms with E-state index < -0.39 is 14.8 Å². The van der Waals surface area contributed by atoms with Crippen LogP contribution in [0, 0.1) is 17.0 Å². The van der Waals surface area contributed by atoms with Crippen molar-refractivity contribution in [2.24, 2.45) is 0 Å². The molecule has 0 radical (unpaired) electrons. The number of hydrogen-bond acceptors (Lipinski definition) is 7. The van der Waals surface area contributed by atoms with Gasteiger partial charge >= 0.3 is 0 Å². The molecule has 1 heterocycles. The second-order valence-electron chi connectivity index (χ2n) is 4.43. The molecule has 112 valence electrons. The van der Waals surface area contributed by atoms with Crippen molar-refractivity contribution >= 4 is 32.5 Å². The van der Waals surface area contributed by atoms with E-state index in [1.165, 1.54) is 23.5 Å². The van der Waals surface area contributed by atoms with Crippen molar-refractivity contribution in [2.75, 3.05) is 11.6 Å². The summed E-state index contributed by atoms with van der Waals surface area (Å²) in [6.07, 6.45) is 2.74. The zero-order valence-corrected chi connectivity index (χ0v) is 13.0. The van der Waals surface area contributed by atoms with Crippen LogP contribution in [0.1, 0.15) is 9.88 Å². The van der Waals surface area contributed by atoms with E-state index in [0.29, 0.717) is 6.54 Å². The van der Waals surface area contributed by atoms with E-state index in [2.05, 4.69) is 10.3 Å². The van der Waals surface area contributed by atoms with E-state index in [9.17, 15) is 18.5 Å². The molecule has 0 aliphatic carbocycles. The first-order valence-electron chi connectivity index (χ1n) is 5.91. The van der Waals surface area contributed by atoms with E-state index in [4.69, 9.17) is 0 Å². The first-order chi connectivity index (χ1) is 9.77. The van der Waals surface area contributed by atoms with E-state index >= 15 is 0 Å². The van der Waals surface area contributed by atoms with Gasteiger partial charge in [0.15, 0.2) is 9.84 Å². The van der Waals surface area contributed by atoms with Crippen LogP contribution in [-0.2, 0) is 16.4 Å². The third-order valence-electron chi connectivity index (χ3n) is 2.69. The number of sulfone groups is 1. The molecule has 9 heteroatoms. The van der Waals surface area contributed by atoms with Gasteiger partial charge in [-0.15, -0.1) is 11.3 Å². The average molecular weight is 327 g/mol. The lowest BCUT2D eigenvalue weighted by Gasteiger charge is -2.07. The highest BCUT2D eigenvalue weighted by Gasteiger charge is 2.18. The number of rotatable bonds is 5. The largest absolute Gasteiger partial charge is 0.373 e. The summed E-state index contributed by atoms with van der Waals surface area (Å²) in [6, 6.07) is 3.80. The summed E-state index contributed by atoms with van der Waals surface area (Å²) < 4.78 is 22.9. The highest BCUT2D eigenvalue weighted by atomic mass is 32.2. The quantitative estimate of drug-likeness (QED) is 0.668. The van der Waals surface area contributed by atoms with Crippen LogP contribution in [0.25, 0.3) is 0 Å². The minimum Gasteiger partial charge on any atom is -0.373 e. The molecule has 2 rings (SSSR count). The fourth-order valence-corrected chi connectivity index (χ4v) is 3.06. The Morgan fingerprint density at radius 3 is 2.67 bits per heavy atom. The third kappa shape index (κ3) is 3.76. The van der Waals surface area contributed by atoms with E-state index in [1.54, 1.807) is 6.20 Å². The van der Waals surface area contributed by atoms with Gasteiger partial charge in [0.25, 0.3) is 5.69 Å². The fraction of sp³-hybridized carbons (Fsp3) is 0.250. The van der Waals surface area contributed by atoms with Gasteiger partial charge in [-0.25, -0.2) is 13.4 Å². The van der Waals surface area contributed by atoms with Crippen molar-refractivity contribution in [3.05, 3.63) is 44.4 Å². The zero-order valence-electron chi connectivity index (χ0n) is 11.4. The monoisotopic (exact) mass is 327 g/mol. The molecule has 0 atom stereocenters. The number of thiazole rings is 1. The van der Waals surface area contributed by atoms with Crippen LogP contribution in [0.3, 0.4) is 0 Å². The van der Waals surface area contributed by atoms with Gasteiger partial charge in [-0.1, -0.05) is 0 Å². The second kappa shape index (κ2) is 5.78. The topological polar surface area (TPSA) is 102 Å². The summed E-state index contributed by atoms with van der Waals surface area (Å²) >= 11 is 1.49. The Balaban J connectivity index is 2.28. The maximum atomic E-state index is 11.4. The Hall–Kier alpha value is -2.00. The summed E-state index contributed by atoms with van der Waals surface area (Å²) in [5.74, 6) is 0. The van der Waals surface area contributed by atoms with Gasteiger partial charge in [-0.3, -0.25) is 10.1 Å². The van der Waals surface area contributed by atoms with E-state index in [-0.39, 0.29) is 16.3 Å². The number of benzene rings is 1. The summed E-state index contributed by atoms with van der Waals surface area (Å²) in [5.41, 5.74) is -0.00791. The lowest BCUT2D eigenvalue weighted by atomic mass is 10.2. The van der Waals surface area contributed by atoms with Crippen molar-refractivity contribution in [1.82, 2.24) is 4.98 Å². The Bertz CT molecular complexity index is 784. The predicted octanol–water partition coefficient (Wildman–Crippen LogP) is 2.38. The van der Waals surface area contributed by atoms with Crippen LogP contribution in [0.2, 0.25) is 0 Å². The Morgan fingerprint density at radius 1 is 1.43 bits per heavy atom. The number of hydrogen-bond donors (Lipinski definition) is 1. The van der Waals surface area contributed by atoms with Crippen molar-refractivity contribution < 1.29 is 13.3 Å². The van der Waals surface area contributed by atoms with Gasteiger partial charge in [-0.2, -0.15) is 0 Å². The van der Waals surface area contributed by atoms with Crippen LogP contribution in [-0.4, -0.2) is 24.6 Å². The fourth-order valence-electron chi connectivity index (χ4n) is 1.70. The van der Waals surface area contributed by atoms with Crippen molar-refractivity contribution in [3.8, 4) is 0 Å². The minimum absolute atomic E-state index is 0.0788. The number of aromatic nitrogens is 1. The summed E-state index contributed by atoms with van der Waals surface area (Å²) in [6.45, 7) is 2.27. The maximum Gasteiger partial charge on any atom is 0.293 e. The molecular formula is C12H13N3O4S2. The highest BCUT2D eigenvalue weighted by Crippen LogP contribution is 2.28. The van der Waals surface area contributed by atoms with Gasteiger partial charge in [0.1, 0.15) is 10.7 Å². The first kappa shape index (κ1) is 15.4. The molecule has 0 unspecified atom stereocenters. The standard InChI is InChI=1S/C12H13N3O4S2/c1-8-6-14-12(20-8)7-13-10-4-3-9(21(2,18)19)5-11(10)15(16)17/h3-6,13H,7H2,1-2H3. The van der Waals surface area contributed by atoms with Crippen LogP contribution >= 0.6 is 11.3 Å². The molecule has 0 spiro atoms. The molecule has 21 heavy (non-hydrogen) atoms. The molecule has 2 aromatic rings. The Morgan fingerprint density at radius 2 is 2.14 bits per heavy atom. The van der Waals surface area contributed by atoms with Gasteiger partial charge < -0.3 is 5.32 Å². The first-order valence-corrected chi connectivity index (χ1v) is 8.62. The number of nitrogens with one attached hydrogen (secondary N) is 1. The Labute approximate surface area is 125 Å². The van der Waals surface area contributed by atoms with Gasteiger partial charge in [0.2, 0.25) is 0 Å². The summed E-state index contributed by atoms with van der Waals surface area (Å²) in [7, 11) is -3.48. The van der Waals surface area contributed by atoms with Crippen LogP contribution in [0.4, 0.5) is 11.4 Å². The maximum absolute atomic E-state index is 11.4. The molecule has 0 saturated heterocycles. The zero-order chi connectivity index (χ0) is 15.6. The predicted molar refractivity (Wildman–Crippen MR) is 80.4 cm³/mol. The number of nitrogens with zero attached hydrogens (tertiary/aromatic N) is 2. The second-order valence-corrected chi connectivity index (χ2v) is 7.76. The Kier molecular flexibility index (Phi) is 4.24. The molecule has 1 aromatic heterocycles. The SMILES string of the molecule is Cc1cnc(CNc2ccc(S(C)(=O)=O)cc2[N+](=O)[O-])s1. The molecular weight excluding hydrogens is 314 g/mol. The normalized spacial score (nSPS) is 11.3. The van der Waals surface area contributed by atoms with Crippen LogP contribution < -0.4 is 5.32 Å². The van der Waals surface area contributed by atoms with Crippen molar-refractivity contribution in [1.29, 1.82) is 0 Å². The summed E-state index contributed by atoms with van der Waals surface area (Å²) in [4.78, 5) is 15.6. The number of anilines is 1. The highest BCUT2D eigenvalue weighted by molar-refractivity contribution is 7.90. The molecule has 0 fully saturated rings. The molecule has 1 aromatic carbocycles. The molecule has 0 amide bonds. The average Bonchev–Trinajstić information content (AvgIpc) is 2.80. The lowest BCUT2D eigenvalue weighted by Crippen LogP contribution is -2.04. The van der Waals surface area contributed by atoms with Crippen molar-refractivity contribution in [3.63, 3.8) is 0 Å². The minimum atomic E-state index is -3.48. The van der Waals surface area contributed by atoms with Gasteiger partial charge in [0, 0.05) is 23.4 Å². The molecule has 1 N–H and O–H groups in total. The molecule has 0 bridgehead atoms. The number of aryl methyl sites for hydroxylation is 1. The number of nitro groups is 1. The lowest BCUT2D eigenvalue weighted by molar-refractivity contribution is -0.384. The molecule has 0 aliphatic heterocycles. The third-order valence-corrected chi connectivity index (χ3v) is 4.72. The smallest absolute Gasteiger partial charge is 0.293 e.